The van der Waals surface area contributed by atoms with Crippen molar-refractivity contribution in [2.24, 2.45) is 0 Å². The smallest absolute Gasteiger partial charge is 0.196 e. The van der Waals surface area contributed by atoms with Crippen LogP contribution in [0.3, 0.4) is 0 Å². The number of nitrogens with two attached hydrogens (primary N) is 1. The molecule has 0 fully saturated rings. The van der Waals surface area contributed by atoms with Crippen LogP contribution in [0.5, 0.6) is 11.5 Å². The number of ketones is 1. The number of para-hydroxylation sites is 1. The SMILES string of the molecule is Nc1ccnc2[nH]cc(C(=O)c3ccc(Oc4ccccc4F)cc3Cl)c12. The van der Waals surface area contributed by atoms with E-state index in [1.54, 1.807) is 36.7 Å². The number of aromatic amines is 1. The molecule has 4 aromatic rings. The lowest BCUT2D eigenvalue weighted by atomic mass is 10.0. The lowest BCUT2D eigenvalue weighted by Crippen LogP contribution is -2.03. The molecule has 2 aromatic heterocycles. The lowest BCUT2D eigenvalue weighted by Gasteiger charge is -2.09. The predicted molar refractivity (Wildman–Crippen MR) is 102 cm³/mol. The molecule has 7 heteroatoms. The van der Waals surface area contributed by atoms with E-state index in [2.05, 4.69) is 9.97 Å². The summed E-state index contributed by atoms with van der Waals surface area (Å²) in [5, 5.41) is 0.732. The normalized spacial score (nSPS) is 10.9. The number of aromatic nitrogens is 2. The van der Waals surface area contributed by atoms with Gasteiger partial charge in [-0.25, -0.2) is 9.37 Å². The first kappa shape index (κ1) is 17.1. The Morgan fingerprint density at radius 3 is 2.74 bits per heavy atom. The monoisotopic (exact) mass is 381 g/mol. The molecule has 0 atom stereocenters. The van der Waals surface area contributed by atoms with E-state index < -0.39 is 5.82 Å². The molecule has 3 N–H and O–H groups in total. The molecule has 5 nitrogen and oxygen atoms in total. The van der Waals surface area contributed by atoms with Gasteiger partial charge in [-0.05, 0) is 30.3 Å². The molecule has 0 radical (unpaired) electrons. The van der Waals surface area contributed by atoms with E-state index in [0.717, 1.165) is 0 Å². The molecular weight excluding hydrogens is 369 g/mol. The maximum Gasteiger partial charge on any atom is 0.196 e. The van der Waals surface area contributed by atoms with Crippen LogP contribution in [0.1, 0.15) is 15.9 Å². The van der Waals surface area contributed by atoms with E-state index in [9.17, 15) is 9.18 Å². The summed E-state index contributed by atoms with van der Waals surface area (Å²) in [7, 11) is 0. The highest BCUT2D eigenvalue weighted by Crippen LogP contribution is 2.31. The molecule has 2 heterocycles. The van der Waals surface area contributed by atoms with Gasteiger partial charge in [0.15, 0.2) is 17.3 Å². The largest absolute Gasteiger partial charge is 0.454 e. The number of nitrogens with zero attached hydrogens (tertiary/aromatic N) is 1. The molecule has 0 bridgehead atoms. The van der Waals surface area contributed by atoms with Crippen molar-refractivity contribution in [2.45, 2.75) is 0 Å². The van der Waals surface area contributed by atoms with Gasteiger partial charge in [-0.2, -0.15) is 0 Å². The van der Waals surface area contributed by atoms with Crippen molar-refractivity contribution in [3.8, 4) is 11.5 Å². The van der Waals surface area contributed by atoms with Gasteiger partial charge in [0.1, 0.15) is 11.4 Å². The number of benzene rings is 2. The summed E-state index contributed by atoms with van der Waals surface area (Å²) in [4.78, 5) is 20.0. The summed E-state index contributed by atoms with van der Waals surface area (Å²) in [6.07, 6.45) is 3.11. The predicted octanol–water partition coefficient (Wildman–Crippen LogP) is 4.96. The zero-order chi connectivity index (χ0) is 19.0. The molecule has 0 saturated heterocycles. The first-order valence-corrected chi connectivity index (χ1v) is 8.40. The topological polar surface area (TPSA) is 81.0 Å². The molecule has 0 aliphatic rings. The zero-order valence-electron chi connectivity index (χ0n) is 13.9. The second-order valence-electron chi connectivity index (χ2n) is 5.83. The van der Waals surface area contributed by atoms with Crippen molar-refractivity contribution in [1.82, 2.24) is 9.97 Å². The van der Waals surface area contributed by atoms with Crippen molar-refractivity contribution in [2.75, 3.05) is 5.73 Å². The standard InChI is InChI=1S/C20H13ClFN3O2/c21-14-9-11(27-17-4-2-1-3-15(17)22)5-6-12(14)19(26)13-10-25-20-18(13)16(23)7-8-24-20/h1-10H,(H3,23,24,25). The number of nitrogens with one attached hydrogen (secondary N) is 1. The number of pyridine rings is 1. The van der Waals surface area contributed by atoms with E-state index in [0.29, 0.717) is 28.0 Å². The van der Waals surface area contributed by atoms with E-state index >= 15 is 0 Å². The maximum absolute atomic E-state index is 13.7. The van der Waals surface area contributed by atoms with Gasteiger partial charge in [-0.3, -0.25) is 4.79 Å². The molecule has 0 aliphatic heterocycles. The Balaban J connectivity index is 1.68. The summed E-state index contributed by atoms with van der Waals surface area (Å²) in [5.74, 6) is -0.399. The van der Waals surface area contributed by atoms with Crippen LogP contribution in [0.2, 0.25) is 5.02 Å². The van der Waals surface area contributed by atoms with E-state index in [1.807, 2.05) is 0 Å². The van der Waals surface area contributed by atoms with Crippen molar-refractivity contribution in [3.05, 3.63) is 82.9 Å². The minimum absolute atomic E-state index is 0.0723. The van der Waals surface area contributed by atoms with Gasteiger partial charge in [0, 0.05) is 29.7 Å². The Kier molecular flexibility index (Phi) is 4.25. The highest BCUT2D eigenvalue weighted by molar-refractivity contribution is 6.35. The molecule has 27 heavy (non-hydrogen) atoms. The second-order valence-corrected chi connectivity index (χ2v) is 6.24. The van der Waals surface area contributed by atoms with E-state index in [1.165, 1.54) is 24.3 Å². The number of ether oxygens (including phenoxy) is 1. The number of carbonyl (C=O) groups is 1. The summed E-state index contributed by atoms with van der Waals surface area (Å²) in [6.45, 7) is 0. The average Bonchev–Trinajstić information content (AvgIpc) is 3.09. The summed E-state index contributed by atoms with van der Waals surface area (Å²) in [6, 6.07) is 12.2. The number of hydrogen-bond donors (Lipinski definition) is 2. The molecule has 0 spiro atoms. The van der Waals surface area contributed by atoms with Gasteiger partial charge in [-0.15, -0.1) is 0 Å². The number of anilines is 1. The fourth-order valence-electron chi connectivity index (χ4n) is 2.80. The van der Waals surface area contributed by atoms with Crippen LogP contribution in [0, 0.1) is 5.82 Å². The molecular formula is C20H13ClFN3O2. The van der Waals surface area contributed by atoms with Crippen molar-refractivity contribution in [3.63, 3.8) is 0 Å². The van der Waals surface area contributed by atoms with Crippen molar-refractivity contribution >= 4 is 34.1 Å². The van der Waals surface area contributed by atoms with Crippen LogP contribution in [-0.2, 0) is 0 Å². The Morgan fingerprint density at radius 1 is 1.15 bits per heavy atom. The molecule has 2 aromatic carbocycles. The van der Waals surface area contributed by atoms with Gasteiger partial charge in [-0.1, -0.05) is 23.7 Å². The van der Waals surface area contributed by atoms with Gasteiger partial charge in [0.2, 0.25) is 0 Å². The van der Waals surface area contributed by atoms with Crippen LogP contribution < -0.4 is 10.5 Å². The van der Waals surface area contributed by atoms with Crippen molar-refractivity contribution in [1.29, 1.82) is 0 Å². The highest BCUT2D eigenvalue weighted by Gasteiger charge is 2.19. The Bertz CT molecular complexity index is 1170. The van der Waals surface area contributed by atoms with Crippen LogP contribution in [0.15, 0.2) is 60.9 Å². The molecule has 0 amide bonds. The Hall–Kier alpha value is -3.38. The molecule has 0 unspecified atom stereocenters. The minimum atomic E-state index is -0.490. The first-order valence-electron chi connectivity index (χ1n) is 8.03. The molecule has 134 valence electrons. The quantitative estimate of drug-likeness (QED) is 0.489. The number of fused-ring (bicyclic) bond motifs is 1. The average molecular weight is 382 g/mol. The number of nitrogen functional groups attached to an aromatic ring is 1. The van der Waals surface area contributed by atoms with Crippen LogP contribution in [0.4, 0.5) is 10.1 Å². The van der Waals surface area contributed by atoms with Crippen molar-refractivity contribution < 1.29 is 13.9 Å². The number of halogens is 2. The third kappa shape index (κ3) is 3.11. The molecule has 4 rings (SSSR count). The van der Waals surface area contributed by atoms with Crippen LogP contribution in [-0.4, -0.2) is 15.8 Å². The summed E-state index contributed by atoms with van der Waals surface area (Å²) < 4.78 is 19.2. The van der Waals surface area contributed by atoms with E-state index in [-0.39, 0.29) is 22.1 Å². The number of hydrogen-bond acceptors (Lipinski definition) is 4. The lowest BCUT2D eigenvalue weighted by molar-refractivity contribution is 0.104. The molecule has 0 saturated carbocycles. The number of H-pyrrole nitrogens is 1. The van der Waals surface area contributed by atoms with Crippen LogP contribution in [0.25, 0.3) is 11.0 Å². The first-order chi connectivity index (χ1) is 13.0. The van der Waals surface area contributed by atoms with Gasteiger partial charge >= 0.3 is 0 Å². The van der Waals surface area contributed by atoms with Gasteiger partial charge in [0.25, 0.3) is 0 Å². The number of carbonyl (C=O) groups excluding carboxylic acids is 1. The third-order valence-electron chi connectivity index (χ3n) is 4.10. The Labute approximate surface area is 158 Å². The minimum Gasteiger partial charge on any atom is -0.454 e. The third-order valence-corrected chi connectivity index (χ3v) is 4.41. The molecule has 0 aliphatic carbocycles. The fourth-order valence-corrected chi connectivity index (χ4v) is 3.06. The zero-order valence-corrected chi connectivity index (χ0v) is 14.6. The van der Waals surface area contributed by atoms with E-state index in [4.69, 9.17) is 22.1 Å². The second kappa shape index (κ2) is 6.74. The van der Waals surface area contributed by atoms with Gasteiger partial charge in [0.05, 0.1) is 16.0 Å². The Morgan fingerprint density at radius 2 is 1.96 bits per heavy atom. The highest BCUT2D eigenvalue weighted by atomic mass is 35.5. The summed E-state index contributed by atoms with van der Waals surface area (Å²) in [5.41, 5.74) is 7.60. The van der Waals surface area contributed by atoms with Crippen LogP contribution >= 0.6 is 11.6 Å². The van der Waals surface area contributed by atoms with Gasteiger partial charge < -0.3 is 15.5 Å². The number of rotatable bonds is 4. The summed E-state index contributed by atoms with van der Waals surface area (Å²) >= 11 is 6.29. The fraction of sp³-hybridized carbons (Fsp3) is 0. The maximum atomic E-state index is 13.7.